The second-order valence-corrected chi connectivity index (χ2v) is 6.71. The molecule has 0 fully saturated rings. The summed E-state index contributed by atoms with van der Waals surface area (Å²) in [4.78, 5) is 26.6. The number of fused-ring (bicyclic) bond motifs is 1. The number of H-pyrrole nitrogens is 1. The van der Waals surface area contributed by atoms with Gasteiger partial charge in [0.05, 0.1) is 23.4 Å². The van der Waals surface area contributed by atoms with Gasteiger partial charge in [-0.05, 0) is 32.0 Å². The highest BCUT2D eigenvalue weighted by Crippen LogP contribution is 2.43. The van der Waals surface area contributed by atoms with Gasteiger partial charge in [-0.1, -0.05) is 15.9 Å². The van der Waals surface area contributed by atoms with E-state index < -0.39 is 11.5 Å². The fourth-order valence-corrected chi connectivity index (χ4v) is 3.45. The zero-order valence-corrected chi connectivity index (χ0v) is 14.6. The van der Waals surface area contributed by atoms with E-state index in [1.165, 1.54) is 4.90 Å². The van der Waals surface area contributed by atoms with Gasteiger partial charge in [-0.25, -0.2) is 0 Å². The van der Waals surface area contributed by atoms with Gasteiger partial charge >= 0.3 is 0 Å². The Balaban J connectivity index is 2.04. The van der Waals surface area contributed by atoms with E-state index in [4.69, 9.17) is 0 Å². The molecule has 0 saturated carbocycles. The Bertz CT molecular complexity index is 810. The highest BCUT2D eigenvalue weighted by molar-refractivity contribution is 9.10. The number of carbonyl (C=O) groups is 2. The first-order valence-corrected chi connectivity index (χ1v) is 7.90. The molecule has 0 spiro atoms. The smallest absolute Gasteiger partial charge is 0.263 e. The molecule has 1 aromatic carbocycles. The van der Waals surface area contributed by atoms with Gasteiger partial charge in [-0.15, -0.1) is 0 Å². The number of Topliss-reactive ketones (excluding diaryl/α,β-unsaturated/α-hetero) is 1. The van der Waals surface area contributed by atoms with E-state index in [0.717, 1.165) is 4.47 Å². The normalized spacial score (nSPS) is 20.0. The molecule has 1 unspecified atom stereocenters. The molecule has 1 aromatic heterocycles. The van der Waals surface area contributed by atoms with Crippen molar-refractivity contribution in [3.8, 4) is 0 Å². The SMILES string of the molecule is Cc1n[nH]c(C)c1C(=O)CC1(O)C(=O)N(C)c2ccc(Br)cc21. The van der Waals surface area contributed by atoms with E-state index in [9.17, 15) is 14.7 Å². The molecule has 2 aromatic rings. The second kappa shape index (κ2) is 5.28. The Morgan fingerprint density at radius 2 is 2.13 bits per heavy atom. The first kappa shape index (κ1) is 15.9. The Morgan fingerprint density at radius 3 is 2.74 bits per heavy atom. The predicted molar refractivity (Wildman–Crippen MR) is 88.5 cm³/mol. The number of anilines is 1. The summed E-state index contributed by atoms with van der Waals surface area (Å²) in [6.07, 6.45) is -0.319. The van der Waals surface area contributed by atoms with Crippen LogP contribution in [0.15, 0.2) is 22.7 Å². The van der Waals surface area contributed by atoms with Crippen LogP contribution in [0.1, 0.15) is 33.7 Å². The molecule has 0 radical (unpaired) electrons. The first-order valence-electron chi connectivity index (χ1n) is 7.11. The maximum Gasteiger partial charge on any atom is 0.263 e. The van der Waals surface area contributed by atoms with E-state index >= 15 is 0 Å². The number of hydrogen-bond acceptors (Lipinski definition) is 4. The van der Waals surface area contributed by atoms with Crippen molar-refractivity contribution >= 4 is 33.3 Å². The topological polar surface area (TPSA) is 86.3 Å². The van der Waals surface area contributed by atoms with Crippen LogP contribution in [0.5, 0.6) is 0 Å². The van der Waals surface area contributed by atoms with Crippen LogP contribution in [0.4, 0.5) is 5.69 Å². The number of aliphatic hydroxyl groups is 1. The lowest BCUT2D eigenvalue weighted by molar-refractivity contribution is -0.135. The highest BCUT2D eigenvalue weighted by Gasteiger charge is 2.50. The second-order valence-electron chi connectivity index (χ2n) is 5.79. The van der Waals surface area contributed by atoms with Gasteiger partial charge in [0.2, 0.25) is 0 Å². The summed E-state index contributed by atoms with van der Waals surface area (Å²) in [5.41, 5.74) is 0.799. The monoisotopic (exact) mass is 377 g/mol. The maximum absolute atomic E-state index is 12.7. The molecule has 120 valence electrons. The number of benzene rings is 1. The van der Waals surface area contributed by atoms with Crippen LogP contribution in [0.25, 0.3) is 0 Å². The Morgan fingerprint density at radius 1 is 1.43 bits per heavy atom. The van der Waals surface area contributed by atoms with Crippen molar-refractivity contribution in [3.05, 3.63) is 45.2 Å². The van der Waals surface area contributed by atoms with Crippen molar-refractivity contribution in [2.75, 3.05) is 11.9 Å². The van der Waals surface area contributed by atoms with Crippen LogP contribution in [0.2, 0.25) is 0 Å². The number of nitrogens with zero attached hydrogens (tertiary/aromatic N) is 2. The van der Waals surface area contributed by atoms with Gasteiger partial charge in [-0.3, -0.25) is 14.7 Å². The van der Waals surface area contributed by atoms with Crippen molar-refractivity contribution in [2.24, 2.45) is 0 Å². The molecular weight excluding hydrogens is 362 g/mol. The number of ketones is 1. The zero-order chi connectivity index (χ0) is 16.9. The van der Waals surface area contributed by atoms with E-state index in [1.807, 2.05) is 0 Å². The lowest BCUT2D eigenvalue weighted by Gasteiger charge is -2.21. The summed E-state index contributed by atoms with van der Waals surface area (Å²) in [6, 6.07) is 5.22. The van der Waals surface area contributed by atoms with Crippen LogP contribution < -0.4 is 4.90 Å². The molecule has 0 bridgehead atoms. The van der Waals surface area contributed by atoms with Crippen LogP contribution in [0.3, 0.4) is 0 Å². The summed E-state index contributed by atoms with van der Waals surface area (Å²) < 4.78 is 0.737. The average molecular weight is 378 g/mol. The number of hydrogen-bond donors (Lipinski definition) is 2. The number of likely N-dealkylation sites (N-methyl/N-ethyl adjacent to an activating group) is 1. The van der Waals surface area contributed by atoms with E-state index in [0.29, 0.717) is 28.2 Å². The van der Waals surface area contributed by atoms with Crippen molar-refractivity contribution in [1.82, 2.24) is 10.2 Å². The molecule has 3 rings (SSSR count). The molecule has 0 saturated heterocycles. The van der Waals surface area contributed by atoms with Crippen molar-refractivity contribution in [3.63, 3.8) is 0 Å². The Hall–Kier alpha value is -1.99. The lowest BCUT2D eigenvalue weighted by Crippen LogP contribution is -2.40. The standard InChI is InChI=1S/C16H16BrN3O3/c1-8-14(9(2)19-18-8)13(21)7-16(23)11-6-10(17)4-5-12(11)20(3)15(16)22/h4-6,23H,7H2,1-3H3,(H,18,19). The number of halogens is 1. The number of carbonyl (C=O) groups excluding carboxylic acids is 2. The molecule has 2 N–H and O–H groups in total. The number of rotatable bonds is 3. The Kier molecular flexibility index (Phi) is 3.65. The molecule has 0 aliphatic carbocycles. The average Bonchev–Trinajstić information content (AvgIpc) is 2.91. The van der Waals surface area contributed by atoms with Crippen molar-refractivity contribution < 1.29 is 14.7 Å². The van der Waals surface area contributed by atoms with E-state index in [1.54, 1.807) is 39.1 Å². The summed E-state index contributed by atoms with van der Waals surface area (Å²) in [5.74, 6) is -0.816. The van der Waals surface area contributed by atoms with Crippen molar-refractivity contribution in [2.45, 2.75) is 25.9 Å². The molecule has 6 nitrogen and oxygen atoms in total. The predicted octanol–water partition coefficient (Wildman–Crippen LogP) is 2.23. The first-order chi connectivity index (χ1) is 10.8. The molecule has 1 aliphatic heterocycles. The van der Waals surface area contributed by atoms with Crippen LogP contribution >= 0.6 is 15.9 Å². The van der Waals surface area contributed by atoms with Gasteiger partial charge in [0.25, 0.3) is 5.91 Å². The molecule has 1 amide bonds. The maximum atomic E-state index is 12.7. The number of amides is 1. The third kappa shape index (κ3) is 2.31. The van der Waals surface area contributed by atoms with Crippen LogP contribution in [0, 0.1) is 13.8 Å². The van der Waals surface area contributed by atoms with Gasteiger partial charge < -0.3 is 10.0 Å². The Labute approximate surface area is 141 Å². The molecule has 7 heteroatoms. The van der Waals surface area contributed by atoms with Crippen molar-refractivity contribution in [1.29, 1.82) is 0 Å². The van der Waals surface area contributed by atoms with Gasteiger partial charge in [-0.2, -0.15) is 5.10 Å². The fourth-order valence-electron chi connectivity index (χ4n) is 3.09. The van der Waals surface area contributed by atoms with Gasteiger partial charge in [0.1, 0.15) is 0 Å². The van der Waals surface area contributed by atoms with Crippen LogP contribution in [-0.2, 0) is 10.4 Å². The summed E-state index contributed by atoms with van der Waals surface area (Å²) in [6.45, 7) is 3.46. The van der Waals surface area contributed by atoms with Crippen LogP contribution in [-0.4, -0.2) is 34.0 Å². The summed E-state index contributed by atoms with van der Waals surface area (Å²) in [5, 5.41) is 17.7. The zero-order valence-electron chi connectivity index (χ0n) is 13.0. The molecule has 23 heavy (non-hydrogen) atoms. The fraction of sp³-hybridized carbons (Fsp3) is 0.312. The largest absolute Gasteiger partial charge is 0.375 e. The number of nitrogens with one attached hydrogen (secondary N) is 1. The molecule has 1 aliphatic rings. The van der Waals surface area contributed by atoms with E-state index in [2.05, 4.69) is 26.1 Å². The van der Waals surface area contributed by atoms with Gasteiger partial charge in [0.15, 0.2) is 11.4 Å². The number of aromatic amines is 1. The summed E-state index contributed by atoms with van der Waals surface area (Å²) >= 11 is 3.34. The third-order valence-corrected chi connectivity index (χ3v) is 4.74. The minimum absolute atomic E-state index is 0.314. The number of aryl methyl sites for hydroxylation is 2. The summed E-state index contributed by atoms with van der Waals surface area (Å²) in [7, 11) is 1.59. The lowest BCUT2D eigenvalue weighted by atomic mass is 9.87. The number of aromatic nitrogens is 2. The third-order valence-electron chi connectivity index (χ3n) is 4.25. The molecule has 1 atom stereocenters. The van der Waals surface area contributed by atoms with E-state index in [-0.39, 0.29) is 12.2 Å². The molecular formula is C16H16BrN3O3. The molecule has 2 heterocycles. The van der Waals surface area contributed by atoms with Gasteiger partial charge in [0, 0.05) is 22.8 Å². The minimum atomic E-state index is -1.86. The highest BCUT2D eigenvalue weighted by atomic mass is 79.9. The minimum Gasteiger partial charge on any atom is -0.375 e. The quantitative estimate of drug-likeness (QED) is 0.802.